The number of nitrogens with one attached hydrogen (secondary N) is 2. The molecule has 0 spiro atoms. The maximum atomic E-state index is 5.65. The highest BCUT2D eigenvalue weighted by molar-refractivity contribution is 5.67. The fraction of sp³-hybridized carbons (Fsp3) is 0.150. The number of nitrogens with two attached hydrogens (primary N) is 1. The molecule has 4 N–H and O–H groups in total. The van der Waals surface area contributed by atoms with Crippen LogP contribution in [0.4, 0.5) is 17.5 Å². The van der Waals surface area contributed by atoms with Crippen molar-refractivity contribution in [1.29, 1.82) is 0 Å². The van der Waals surface area contributed by atoms with E-state index in [0.29, 0.717) is 18.8 Å². The van der Waals surface area contributed by atoms with E-state index in [-0.39, 0.29) is 0 Å². The van der Waals surface area contributed by atoms with E-state index in [2.05, 4.69) is 20.6 Å². The predicted molar refractivity (Wildman–Crippen MR) is 111 cm³/mol. The topological polar surface area (TPSA) is 102 Å². The quantitative estimate of drug-likeness (QED) is 0.427. The van der Waals surface area contributed by atoms with Gasteiger partial charge in [0.2, 0.25) is 5.95 Å². The number of rotatable bonds is 7. The van der Waals surface area contributed by atoms with Crippen molar-refractivity contribution < 1.29 is 4.74 Å². The predicted octanol–water partition coefficient (Wildman–Crippen LogP) is 2.91. The number of imidazole rings is 1. The number of anilines is 3. The number of hydrogen-bond donors (Lipinski definition) is 3. The second-order valence-electron chi connectivity index (χ2n) is 6.18. The molecule has 0 aliphatic heterocycles. The number of fused-ring (bicyclic) bond motifs is 1. The maximum Gasteiger partial charge on any atom is 0.209 e. The molecule has 0 amide bonds. The molecule has 0 unspecified atom stereocenters. The van der Waals surface area contributed by atoms with Gasteiger partial charge in [0.05, 0.1) is 24.7 Å². The Labute approximate surface area is 162 Å². The first-order valence-corrected chi connectivity index (χ1v) is 8.91. The van der Waals surface area contributed by atoms with Gasteiger partial charge in [0.25, 0.3) is 0 Å². The summed E-state index contributed by atoms with van der Waals surface area (Å²) in [4.78, 5) is 13.4. The van der Waals surface area contributed by atoms with E-state index in [1.54, 1.807) is 19.5 Å². The minimum Gasteiger partial charge on any atom is -0.497 e. The van der Waals surface area contributed by atoms with Crippen LogP contribution in [0.5, 0.6) is 5.75 Å². The van der Waals surface area contributed by atoms with Crippen molar-refractivity contribution in [2.24, 2.45) is 0 Å². The van der Waals surface area contributed by atoms with E-state index in [4.69, 9.17) is 15.5 Å². The van der Waals surface area contributed by atoms with E-state index in [9.17, 15) is 0 Å². The third kappa shape index (κ3) is 3.80. The van der Waals surface area contributed by atoms with Gasteiger partial charge < -0.3 is 21.1 Å². The summed E-state index contributed by atoms with van der Waals surface area (Å²) in [7, 11) is 1.65. The Bertz CT molecular complexity index is 1080. The number of nitrogen functional groups attached to an aromatic ring is 1. The Kier molecular flexibility index (Phi) is 4.92. The lowest BCUT2D eigenvalue weighted by molar-refractivity contribution is 0.415. The highest BCUT2D eigenvalue weighted by atomic mass is 16.5. The molecule has 1 aromatic carbocycles. The van der Waals surface area contributed by atoms with Crippen LogP contribution in [-0.2, 0) is 0 Å². The molecule has 8 nitrogen and oxygen atoms in total. The summed E-state index contributed by atoms with van der Waals surface area (Å²) in [6, 6.07) is 13.4. The lowest BCUT2D eigenvalue weighted by Gasteiger charge is -2.12. The van der Waals surface area contributed by atoms with Crippen LogP contribution < -0.4 is 21.1 Å². The summed E-state index contributed by atoms with van der Waals surface area (Å²) in [5.74, 6) is 2.29. The molecule has 142 valence electrons. The van der Waals surface area contributed by atoms with Crippen molar-refractivity contribution in [3.8, 4) is 17.0 Å². The third-order valence-electron chi connectivity index (χ3n) is 4.26. The molecule has 0 saturated carbocycles. The van der Waals surface area contributed by atoms with Crippen LogP contribution in [0, 0.1) is 0 Å². The number of aromatic nitrogens is 4. The number of hydrogen-bond acceptors (Lipinski definition) is 7. The second kappa shape index (κ2) is 7.83. The Hall–Kier alpha value is -3.81. The molecular weight excluding hydrogens is 354 g/mol. The van der Waals surface area contributed by atoms with E-state index < -0.39 is 0 Å². The van der Waals surface area contributed by atoms with Gasteiger partial charge in [0, 0.05) is 37.1 Å². The zero-order valence-corrected chi connectivity index (χ0v) is 15.5. The summed E-state index contributed by atoms with van der Waals surface area (Å²) in [5.41, 5.74) is 8.92. The Morgan fingerprint density at radius 3 is 2.79 bits per heavy atom. The van der Waals surface area contributed by atoms with Crippen molar-refractivity contribution in [3.63, 3.8) is 0 Å². The molecule has 3 heterocycles. The first kappa shape index (κ1) is 17.6. The molecule has 4 rings (SSSR count). The van der Waals surface area contributed by atoms with Gasteiger partial charge in [0.15, 0.2) is 0 Å². The van der Waals surface area contributed by atoms with Crippen LogP contribution >= 0.6 is 0 Å². The van der Waals surface area contributed by atoms with E-state index in [0.717, 1.165) is 34.4 Å². The average Bonchev–Trinajstić information content (AvgIpc) is 3.21. The number of methoxy groups -OCH3 is 1. The van der Waals surface area contributed by atoms with Crippen LogP contribution in [0.2, 0.25) is 0 Å². The summed E-state index contributed by atoms with van der Waals surface area (Å²) in [6.07, 6.45) is 5.27. The van der Waals surface area contributed by atoms with Crippen molar-refractivity contribution in [1.82, 2.24) is 19.4 Å². The first-order valence-electron chi connectivity index (χ1n) is 8.91. The maximum absolute atomic E-state index is 5.65. The molecule has 0 aliphatic carbocycles. The van der Waals surface area contributed by atoms with Gasteiger partial charge in [-0.05, 0) is 24.3 Å². The Balaban J connectivity index is 1.51. The first-order chi connectivity index (χ1) is 13.7. The summed E-state index contributed by atoms with van der Waals surface area (Å²) < 4.78 is 7.24. The van der Waals surface area contributed by atoms with Gasteiger partial charge in [-0.2, -0.15) is 0 Å². The van der Waals surface area contributed by atoms with E-state index in [1.165, 1.54) is 0 Å². The van der Waals surface area contributed by atoms with Crippen LogP contribution in [0.25, 0.3) is 16.9 Å². The van der Waals surface area contributed by atoms with Crippen molar-refractivity contribution in [2.75, 3.05) is 36.6 Å². The molecule has 0 radical (unpaired) electrons. The fourth-order valence-corrected chi connectivity index (χ4v) is 2.85. The third-order valence-corrected chi connectivity index (χ3v) is 4.26. The molecule has 3 aromatic heterocycles. The average molecular weight is 375 g/mol. The standard InChI is InChI=1S/C20H21N7O/c1-28-16-4-2-3-14(11-16)17-12-19-23-9-10-27(19)20(26-17)24-8-7-22-18-6-5-15(21)13-25-18/h2-6,9-13H,7-8,21H2,1H3,(H,22,25)(H,24,26). The zero-order valence-electron chi connectivity index (χ0n) is 15.5. The molecule has 4 aromatic rings. The van der Waals surface area contributed by atoms with E-state index in [1.807, 2.05) is 53.1 Å². The van der Waals surface area contributed by atoms with Crippen LogP contribution in [-0.4, -0.2) is 39.6 Å². The minimum atomic E-state index is 0.643. The normalized spacial score (nSPS) is 10.8. The molecule has 8 heteroatoms. The van der Waals surface area contributed by atoms with Gasteiger partial charge >= 0.3 is 0 Å². The van der Waals surface area contributed by atoms with Crippen LogP contribution in [0.1, 0.15) is 0 Å². The van der Waals surface area contributed by atoms with Gasteiger partial charge in [-0.15, -0.1) is 0 Å². The second-order valence-corrected chi connectivity index (χ2v) is 6.18. The summed E-state index contributed by atoms with van der Waals surface area (Å²) in [6.45, 7) is 1.34. The molecule has 0 aliphatic rings. The molecular formula is C20H21N7O. The van der Waals surface area contributed by atoms with Gasteiger partial charge in [-0.1, -0.05) is 12.1 Å². The molecule has 0 fully saturated rings. The van der Waals surface area contributed by atoms with Crippen LogP contribution in [0.3, 0.4) is 0 Å². The monoisotopic (exact) mass is 375 g/mol. The fourth-order valence-electron chi connectivity index (χ4n) is 2.85. The zero-order chi connectivity index (χ0) is 19.3. The van der Waals surface area contributed by atoms with Gasteiger partial charge in [-0.25, -0.2) is 15.0 Å². The minimum absolute atomic E-state index is 0.643. The lowest BCUT2D eigenvalue weighted by Crippen LogP contribution is -2.16. The van der Waals surface area contributed by atoms with E-state index >= 15 is 0 Å². The van der Waals surface area contributed by atoms with Gasteiger partial charge in [0.1, 0.15) is 17.2 Å². The number of ether oxygens (including phenoxy) is 1. The Morgan fingerprint density at radius 2 is 1.96 bits per heavy atom. The van der Waals surface area contributed by atoms with Gasteiger partial charge in [-0.3, -0.25) is 4.40 Å². The number of benzene rings is 1. The van der Waals surface area contributed by atoms with Crippen LogP contribution in [0.15, 0.2) is 61.1 Å². The summed E-state index contributed by atoms with van der Waals surface area (Å²) in [5, 5.41) is 6.61. The number of pyridine rings is 1. The van der Waals surface area contributed by atoms with Crippen molar-refractivity contribution in [2.45, 2.75) is 0 Å². The largest absolute Gasteiger partial charge is 0.497 e. The lowest BCUT2D eigenvalue weighted by atomic mass is 10.1. The highest BCUT2D eigenvalue weighted by Crippen LogP contribution is 2.24. The van der Waals surface area contributed by atoms with Crippen molar-refractivity contribution >= 4 is 23.1 Å². The number of nitrogens with zero attached hydrogens (tertiary/aromatic N) is 4. The van der Waals surface area contributed by atoms with Crippen molar-refractivity contribution in [3.05, 3.63) is 61.1 Å². The SMILES string of the molecule is COc1cccc(-c2cc3nccn3c(NCCNc3ccc(N)cn3)n2)c1. The molecule has 0 bridgehead atoms. The summed E-state index contributed by atoms with van der Waals surface area (Å²) >= 11 is 0. The molecule has 0 saturated heterocycles. The molecule has 0 atom stereocenters. The smallest absolute Gasteiger partial charge is 0.209 e. The molecule has 28 heavy (non-hydrogen) atoms. The Morgan fingerprint density at radius 1 is 1.07 bits per heavy atom. The highest BCUT2D eigenvalue weighted by Gasteiger charge is 2.09.